The second-order valence-corrected chi connectivity index (χ2v) is 10.5. The van der Waals surface area contributed by atoms with Crippen LogP contribution in [-0.2, 0) is 9.84 Å². The zero-order valence-electron chi connectivity index (χ0n) is 19.7. The van der Waals surface area contributed by atoms with Gasteiger partial charge in [0, 0.05) is 37.2 Å². The number of hydrogen-bond acceptors (Lipinski definition) is 5. The van der Waals surface area contributed by atoms with Gasteiger partial charge in [0.15, 0.2) is 9.84 Å². The summed E-state index contributed by atoms with van der Waals surface area (Å²) in [5.74, 6) is -1.15. The van der Waals surface area contributed by atoms with E-state index in [0.717, 1.165) is 22.4 Å². The summed E-state index contributed by atoms with van der Waals surface area (Å²) in [4.78, 5) is 28.4. The van der Waals surface area contributed by atoms with E-state index in [1.54, 1.807) is 66.7 Å². The van der Waals surface area contributed by atoms with E-state index >= 15 is 0 Å². The number of rotatable bonds is 7. The Kier molecular flexibility index (Phi) is 6.67. The molecule has 4 aromatic rings. The third-order valence-electron chi connectivity index (χ3n) is 5.82. The maximum Gasteiger partial charge on any atom is 0.234 e. The second-order valence-electron chi connectivity index (χ2n) is 8.49. The van der Waals surface area contributed by atoms with Crippen molar-refractivity contribution < 1.29 is 18.0 Å². The molecule has 5 nitrogen and oxygen atoms in total. The van der Waals surface area contributed by atoms with Crippen molar-refractivity contribution in [1.82, 2.24) is 0 Å². The molecule has 0 aromatic heterocycles. The molecule has 0 atom stereocenters. The number of carbonyl (C=O) groups excluding carboxylic acids is 2. The van der Waals surface area contributed by atoms with Crippen molar-refractivity contribution in [2.24, 2.45) is 0 Å². The molecule has 176 valence electrons. The van der Waals surface area contributed by atoms with E-state index < -0.39 is 21.4 Å². The maximum absolute atomic E-state index is 13.3. The van der Waals surface area contributed by atoms with Crippen LogP contribution in [0.1, 0.15) is 20.7 Å². The minimum absolute atomic E-state index is 0.232. The summed E-state index contributed by atoms with van der Waals surface area (Å²) in [6.45, 7) is 0. The Balaban J connectivity index is 1.87. The zero-order valence-corrected chi connectivity index (χ0v) is 20.5. The number of sulfone groups is 1. The zero-order chi connectivity index (χ0) is 25.2. The molecule has 0 radical (unpaired) electrons. The van der Waals surface area contributed by atoms with Crippen molar-refractivity contribution in [3.63, 3.8) is 0 Å². The van der Waals surface area contributed by atoms with Crippen LogP contribution in [0, 0.1) is 0 Å². The molecule has 4 aromatic carbocycles. The molecule has 4 rings (SSSR count). The number of ketones is 2. The summed E-state index contributed by atoms with van der Waals surface area (Å²) in [5, 5.41) is 0. The molecule has 0 aliphatic heterocycles. The maximum atomic E-state index is 13.3. The Morgan fingerprint density at radius 3 is 1.91 bits per heavy atom. The summed E-state index contributed by atoms with van der Waals surface area (Å²) in [5.41, 5.74) is 4.62. The van der Waals surface area contributed by atoms with Crippen LogP contribution in [0.25, 0.3) is 22.3 Å². The van der Waals surface area contributed by atoms with Crippen molar-refractivity contribution >= 4 is 27.1 Å². The van der Waals surface area contributed by atoms with Gasteiger partial charge in [-0.15, -0.1) is 0 Å². The van der Waals surface area contributed by atoms with Gasteiger partial charge in [-0.05, 0) is 46.5 Å². The van der Waals surface area contributed by atoms with Gasteiger partial charge in [0.25, 0.3) is 0 Å². The summed E-state index contributed by atoms with van der Waals surface area (Å²) in [6.07, 6.45) is 1.17. The lowest BCUT2D eigenvalue weighted by atomic mass is 9.88. The van der Waals surface area contributed by atoms with E-state index in [4.69, 9.17) is 0 Å². The number of benzene rings is 4. The van der Waals surface area contributed by atoms with Crippen LogP contribution >= 0.6 is 0 Å². The fourth-order valence-corrected chi connectivity index (χ4v) is 4.56. The molecular formula is C29H25NO4S. The molecule has 0 bridgehead atoms. The van der Waals surface area contributed by atoms with Crippen molar-refractivity contribution in [3.8, 4) is 22.3 Å². The predicted molar refractivity (Wildman–Crippen MR) is 140 cm³/mol. The Morgan fingerprint density at radius 1 is 0.657 bits per heavy atom. The molecular weight excluding hydrogens is 458 g/mol. The van der Waals surface area contributed by atoms with Gasteiger partial charge in [0.05, 0.1) is 4.90 Å². The lowest BCUT2D eigenvalue weighted by Crippen LogP contribution is -2.15. The van der Waals surface area contributed by atoms with Crippen LogP contribution in [0.5, 0.6) is 0 Å². The van der Waals surface area contributed by atoms with Gasteiger partial charge in [-0.25, -0.2) is 8.42 Å². The fourth-order valence-electron chi connectivity index (χ4n) is 3.92. The molecule has 0 N–H and O–H groups in total. The van der Waals surface area contributed by atoms with E-state index in [1.807, 2.05) is 49.3 Å². The highest BCUT2D eigenvalue weighted by molar-refractivity contribution is 7.90. The SMILES string of the molecule is CN(C)c1ccc(-c2ccccc2C(=O)C(=O)c2ccccc2)c(-c2ccc(S(C)(=O)=O)cc2)c1. The predicted octanol–water partition coefficient (Wildman–Crippen LogP) is 5.56. The first-order valence-electron chi connectivity index (χ1n) is 11.0. The van der Waals surface area contributed by atoms with E-state index in [0.29, 0.717) is 16.7 Å². The van der Waals surface area contributed by atoms with Gasteiger partial charge in [0.2, 0.25) is 11.6 Å². The van der Waals surface area contributed by atoms with Crippen molar-refractivity contribution in [3.05, 3.63) is 108 Å². The van der Waals surface area contributed by atoms with Gasteiger partial charge in [-0.1, -0.05) is 72.8 Å². The van der Waals surface area contributed by atoms with Crippen LogP contribution in [-0.4, -0.2) is 40.3 Å². The molecule has 0 spiro atoms. The highest BCUT2D eigenvalue weighted by Gasteiger charge is 2.23. The topological polar surface area (TPSA) is 71.5 Å². The van der Waals surface area contributed by atoms with Crippen molar-refractivity contribution in [1.29, 1.82) is 0 Å². The fraction of sp³-hybridized carbons (Fsp3) is 0.103. The smallest absolute Gasteiger partial charge is 0.234 e. The lowest BCUT2D eigenvalue weighted by molar-refractivity contribution is 0.0817. The van der Waals surface area contributed by atoms with Crippen LogP contribution < -0.4 is 4.90 Å². The minimum atomic E-state index is -3.33. The van der Waals surface area contributed by atoms with Gasteiger partial charge in [-0.3, -0.25) is 9.59 Å². The van der Waals surface area contributed by atoms with Crippen LogP contribution in [0.4, 0.5) is 5.69 Å². The molecule has 0 amide bonds. The Morgan fingerprint density at radius 2 is 1.29 bits per heavy atom. The largest absolute Gasteiger partial charge is 0.378 e. The second kappa shape index (κ2) is 9.68. The van der Waals surface area contributed by atoms with Crippen LogP contribution in [0.2, 0.25) is 0 Å². The van der Waals surface area contributed by atoms with E-state index in [9.17, 15) is 18.0 Å². The Bertz CT molecular complexity index is 1510. The van der Waals surface area contributed by atoms with Gasteiger partial charge >= 0.3 is 0 Å². The third kappa shape index (κ3) is 5.08. The molecule has 0 saturated heterocycles. The molecule has 0 aliphatic rings. The van der Waals surface area contributed by atoms with Gasteiger partial charge in [0.1, 0.15) is 0 Å². The van der Waals surface area contributed by atoms with Crippen LogP contribution in [0.3, 0.4) is 0 Å². The standard InChI is InChI=1S/C29H25NO4S/c1-30(2)22-15-18-25(27(19-22)20-13-16-23(17-14-20)35(3,33)34)24-11-7-8-12-26(24)29(32)28(31)21-9-5-4-6-10-21/h4-19H,1-3H3. The highest BCUT2D eigenvalue weighted by atomic mass is 32.2. The summed E-state index contributed by atoms with van der Waals surface area (Å²) in [7, 11) is 0.534. The quantitative estimate of drug-likeness (QED) is 0.254. The number of hydrogen-bond donors (Lipinski definition) is 0. The first kappa shape index (κ1) is 24.1. The molecule has 0 unspecified atom stereocenters. The molecule has 0 saturated carbocycles. The normalized spacial score (nSPS) is 11.2. The Labute approximate surface area is 205 Å². The van der Waals surface area contributed by atoms with Gasteiger partial charge in [-0.2, -0.15) is 0 Å². The van der Waals surface area contributed by atoms with E-state index in [2.05, 4.69) is 0 Å². The number of anilines is 1. The van der Waals surface area contributed by atoms with Crippen molar-refractivity contribution in [2.75, 3.05) is 25.3 Å². The summed E-state index contributed by atoms with van der Waals surface area (Å²) < 4.78 is 23.9. The lowest BCUT2D eigenvalue weighted by Gasteiger charge is -2.19. The van der Waals surface area contributed by atoms with E-state index in [1.165, 1.54) is 6.26 Å². The average Bonchev–Trinajstić information content (AvgIpc) is 2.87. The molecule has 0 heterocycles. The first-order chi connectivity index (χ1) is 16.7. The van der Waals surface area contributed by atoms with Crippen molar-refractivity contribution in [2.45, 2.75) is 4.90 Å². The summed E-state index contributed by atoms with van der Waals surface area (Å²) in [6, 6.07) is 28.1. The summed E-state index contributed by atoms with van der Waals surface area (Å²) >= 11 is 0. The number of carbonyl (C=O) groups is 2. The van der Waals surface area contributed by atoms with E-state index in [-0.39, 0.29) is 4.90 Å². The molecule has 0 aliphatic carbocycles. The van der Waals surface area contributed by atoms with Crippen LogP contribution in [0.15, 0.2) is 102 Å². The number of nitrogens with zero attached hydrogens (tertiary/aromatic N) is 1. The molecule has 0 fully saturated rings. The first-order valence-corrected chi connectivity index (χ1v) is 12.9. The number of Topliss-reactive ketones (excluding diaryl/α,β-unsaturated/α-hetero) is 2. The molecule has 6 heteroatoms. The Hall–Kier alpha value is -4.03. The monoisotopic (exact) mass is 483 g/mol. The average molecular weight is 484 g/mol. The molecule has 35 heavy (non-hydrogen) atoms. The highest BCUT2D eigenvalue weighted by Crippen LogP contribution is 2.37. The van der Waals surface area contributed by atoms with Gasteiger partial charge < -0.3 is 4.90 Å². The minimum Gasteiger partial charge on any atom is -0.378 e. The third-order valence-corrected chi connectivity index (χ3v) is 6.95.